The zero-order valence-electron chi connectivity index (χ0n) is 30.7. The zero-order chi connectivity index (χ0) is 48.2. The average molecular weight is 1150 g/mol. The van der Waals surface area contributed by atoms with Crippen molar-refractivity contribution in [3.63, 3.8) is 0 Å². The standard InChI is InChI=1S/C24H16N6.4CHF3O3S.2Cu.2H2O/c1-5-13-25-17(9-1)21-22(18-10-2-6-14-26-18)30-24(20-12-4-8-16-28-20)23(29-21)19-11-3-7-15-27-19;4*2-1(3,4)8(5,6)7;;;;/h1-16H;4*(H,5,6,7);;;2*1H2/q;;;;;2*+2;;/p-2. The summed E-state index contributed by atoms with van der Waals surface area (Å²) in [4.78, 5) is 28.0. The third kappa shape index (κ3) is 22.3. The second kappa shape index (κ2) is 26.7. The molecule has 0 atom stereocenters. The van der Waals surface area contributed by atoms with Gasteiger partial charge in [-0.25, -0.2) is 43.6 Å². The fourth-order valence-corrected chi connectivity index (χ4v) is 3.16. The summed E-state index contributed by atoms with van der Waals surface area (Å²) >= 11 is 0. The van der Waals surface area contributed by atoms with Gasteiger partial charge in [0.25, 0.3) is 0 Å². The van der Waals surface area contributed by atoms with Crippen LogP contribution in [0.4, 0.5) is 52.7 Å². The summed E-state index contributed by atoms with van der Waals surface area (Å²) in [5.41, 5.74) is -17.1. The summed E-state index contributed by atoms with van der Waals surface area (Å²) in [5, 5.41) is 0. The molecule has 0 aliphatic carbocycles. The second-order valence-corrected chi connectivity index (χ2v) is 15.6. The molecule has 0 saturated heterocycles. The third-order valence-electron chi connectivity index (χ3n) is 5.66. The van der Waals surface area contributed by atoms with Crippen molar-refractivity contribution < 1.29 is 150 Å². The van der Waals surface area contributed by atoms with Crippen molar-refractivity contribution in [2.45, 2.75) is 22.0 Å². The quantitative estimate of drug-likeness (QED) is 0.0820. The van der Waals surface area contributed by atoms with Gasteiger partial charge in [0.2, 0.25) is 0 Å². The van der Waals surface area contributed by atoms with Crippen molar-refractivity contribution in [3.8, 4) is 45.6 Å². The molecule has 0 bridgehead atoms. The number of nitrogens with zero attached hydrogens (tertiary/aromatic N) is 6. The van der Waals surface area contributed by atoms with Crippen molar-refractivity contribution in [1.29, 1.82) is 0 Å². The molecule has 0 spiro atoms. The maximum Gasteiger partial charge on any atom is 2.00 e. The number of hydrogen-bond donors (Lipinski definition) is 0. The molecule has 0 unspecified atom stereocenters. The Bertz CT molecular complexity index is 2320. The monoisotopic (exact) mass is 1150 g/mol. The second-order valence-electron chi connectivity index (χ2n) is 10.1. The van der Waals surface area contributed by atoms with Crippen LogP contribution in [-0.4, -0.2) is 104 Å². The molecule has 0 fully saturated rings. The Kier molecular flexibility index (Phi) is 27.5. The summed E-state index contributed by atoms with van der Waals surface area (Å²) in [5.74, 6) is 0. The van der Waals surface area contributed by atoms with Gasteiger partial charge in [-0.1, -0.05) is 24.3 Å². The normalized spacial score (nSPS) is 11.6. The maximum absolute atomic E-state index is 10.7. The van der Waals surface area contributed by atoms with Gasteiger partial charge in [-0.05, 0) is 48.5 Å². The van der Waals surface area contributed by atoms with Crippen LogP contribution < -0.4 is 0 Å². The first-order valence-electron chi connectivity index (χ1n) is 14.6. The summed E-state index contributed by atoms with van der Waals surface area (Å²) in [7, 11) is -24.4. The molecule has 0 saturated carbocycles. The molecule has 376 valence electrons. The van der Waals surface area contributed by atoms with Crippen LogP contribution in [0.15, 0.2) is 97.6 Å². The van der Waals surface area contributed by atoms with Crippen molar-refractivity contribution in [2.75, 3.05) is 0 Å². The van der Waals surface area contributed by atoms with Gasteiger partial charge in [-0.3, -0.25) is 19.9 Å². The van der Waals surface area contributed by atoms with Crippen molar-refractivity contribution in [2.24, 2.45) is 0 Å². The first kappa shape index (κ1) is 68.0. The molecule has 20 nitrogen and oxygen atoms in total. The fourth-order valence-electron chi connectivity index (χ4n) is 3.16. The predicted octanol–water partition coefficient (Wildman–Crippen LogP) is 3.08. The minimum absolute atomic E-state index is 0. The van der Waals surface area contributed by atoms with Crippen LogP contribution in [0, 0.1) is 0 Å². The number of pyridine rings is 4. The molecule has 6 N–H and O–H groups in total. The van der Waals surface area contributed by atoms with E-state index in [0.29, 0.717) is 22.8 Å². The van der Waals surface area contributed by atoms with E-state index in [-0.39, 0.29) is 45.1 Å². The fraction of sp³-hybridized carbons (Fsp3) is 0.143. The van der Waals surface area contributed by atoms with Crippen molar-refractivity contribution >= 4 is 40.5 Å². The van der Waals surface area contributed by atoms with E-state index in [0.717, 1.165) is 22.8 Å². The van der Waals surface area contributed by atoms with Gasteiger partial charge in [0, 0.05) is 24.8 Å². The van der Waals surface area contributed by atoms with E-state index < -0.39 is 62.5 Å². The molecular weight excluding hydrogens is 1130 g/mol. The summed E-state index contributed by atoms with van der Waals surface area (Å²) in [6.07, 6.45) is 6.97. The Morgan fingerprint density at radius 3 is 0.561 bits per heavy atom. The van der Waals surface area contributed by atoms with Gasteiger partial charge in [-0.2, -0.15) is 52.7 Å². The smallest absolute Gasteiger partial charge is 0.741 e. The van der Waals surface area contributed by atoms with Crippen molar-refractivity contribution in [1.82, 2.24) is 29.9 Å². The van der Waals surface area contributed by atoms with Crippen LogP contribution >= 0.6 is 0 Å². The molecule has 2 radical (unpaired) electrons. The van der Waals surface area contributed by atoms with E-state index >= 15 is 0 Å². The number of aromatic nitrogens is 6. The Balaban J connectivity index is -0.000000442. The van der Waals surface area contributed by atoms with Crippen LogP contribution in [0.3, 0.4) is 0 Å². The summed E-state index contributed by atoms with van der Waals surface area (Å²) < 4.78 is 236. The third-order valence-corrected chi connectivity index (χ3v) is 7.93. The molecule has 5 aromatic heterocycles. The number of rotatable bonds is 4. The van der Waals surface area contributed by atoms with Gasteiger partial charge in [-0.15, -0.1) is 0 Å². The van der Waals surface area contributed by atoms with Gasteiger partial charge >= 0.3 is 56.2 Å². The van der Waals surface area contributed by atoms with Crippen LogP contribution in [0.2, 0.25) is 0 Å². The Hall–Kier alpha value is -4.56. The van der Waals surface area contributed by atoms with E-state index in [1.165, 1.54) is 0 Å². The molecule has 0 amide bonds. The van der Waals surface area contributed by atoms with E-state index in [9.17, 15) is 52.7 Å². The molecule has 0 aromatic carbocycles. The van der Waals surface area contributed by atoms with E-state index in [1.807, 2.05) is 72.8 Å². The van der Waals surface area contributed by atoms with Gasteiger partial charge in [0.05, 0.1) is 22.8 Å². The Labute approximate surface area is 383 Å². The predicted molar refractivity (Wildman–Crippen MR) is 188 cm³/mol. The van der Waals surface area contributed by atoms with Gasteiger partial charge < -0.3 is 29.2 Å². The topological polar surface area (TPSA) is 372 Å². The van der Waals surface area contributed by atoms with Gasteiger partial charge in [0.15, 0.2) is 40.5 Å². The first-order valence-corrected chi connectivity index (χ1v) is 20.2. The molecule has 0 aliphatic heterocycles. The van der Waals surface area contributed by atoms with Gasteiger partial charge in [0.1, 0.15) is 22.8 Å². The molecule has 0 aliphatic rings. The summed E-state index contributed by atoms with van der Waals surface area (Å²) in [6, 6.07) is 22.9. The first-order chi connectivity index (χ1) is 27.9. The maximum atomic E-state index is 10.7. The summed E-state index contributed by atoms with van der Waals surface area (Å²) in [6.45, 7) is 0. The van der Waals surface area contributed by atoms with Crippen molar-refractivity contribution in [3.05, 3.63) is 97.6 Å². The Morgan fingerprint density at radius 2 is 0.470 bits per heavy atom. The zero-order valence-corrected chi connectivity index (χ0v) is 35.9. The molecule has 5 rings (SSSR count). The van der Waals surface area contributed by atoms with Crippen LogP contribution in [0.25, 0.3) is 45.6 Å². The molecule has 5 heterocycles. The minimum atomic E-state index is -6.09. The Morgan fingerprint density at radius 1 is 0.333 bits per heavy atom. The minimum Gasteiger partial charge on any atom is -0.741 e. The number of halogens is 12. The van der Waals surface area contributed by atoms with E-state index in [1.54, 1.807) is 24.8 Å². The van der Waals surface area contributed by atoms with E-state index in [2.05, 4.69) is 19.9 Å². The average Bonchev–Trinajstić information content (AvgIpc) is 3.13. The molecular formula is C28H22Cu2F12N6O14S4+2. The largest absolute Gasteiger partial charge is 2.00 e. The molecule has 38 heteroatoms. The molecule has 66 heavy (non-hydrogen) atoms. The van der Waals surface area contributed by atoms with Crippen LogP contribution in [0.1, 0.15) is 0 Å². The SMILES string of the molecule is O=S(=O)([O-])C(F)(F)F.O=S(=O)([O-])C(F)(F)F.O=S(=O)([O-])C(F)(F)F.O=S(=O)([O-])C(F)(F)F.[Cu+2].[Cu+2].[OH3+].[OH3+].c1ccc(-c2nc(-c3ccccn3)c(-c3ccccn3)nc2-c2ccccn2)nc1. The number of alkyl halides is 12. The van der Waals surface area contributed by atoms with Crippen LogP contribution in [0.5, 0.6) is 0 Å². The number of hydrogen-bond acceptors (Lipinski definition) is 18. The van der Waals surface area contributed by atoms with Crippen LogP contribution in [-0.2, 0) is 85.6 Å². The van der Waals surface area contributed by atoms with E-state index in [4.69, 9.17) is 61.9 Å². The molecule has 5 aromatic rings.